The average molecular weight is 437 g/mol. The van der Waals surface area contributed by atoms with Gasteiger partial charge in [0.25, 0.3) is 0 Å². The molecule has 0 amide bonds. The van der Waals surface area contributed by atoms with Gasteiger partial charge in [0.05, 0.1) is 5.56 Å². The summed E-state index contributed by atoms with van der Waals surface area (Å²) in [4.78, 5) is 38.4. The molecule has 1 aromatic carbocycles. The molecule has 172 valence electrons. The van der Waals surface area contributed by atoms with Crippen LogP contribution in [0.25, 0.3) is 0 Å². The van der Waals surface area contributed by atoms with Crippen LogP contribution in [0.1, 0.15) is 82.5 Å². The van der Waals surface area contributed by atoms with Crippen molar-refractivity contribution >= 4 is 17.5 Å². The monoisotopic (exact) mass is 436 g/mol. The quantitative estimate of drug-likeness (QED) is 0.576. The van der Waals surface area contributed by atoms with Gasteiger partial charge >= 0.3 is 5.97 Å². The molecule has 32 heavy (non-hydrogen) atoms. The van der Waals surface area contributed by atoms with Crippen molar-refractivity contribution < 1.29 is 19.1 Å². The van der Waals surface area contributed by atoms with Gasteiger partial charge in [0, 0.05) is 17.8 Å². The second-order valence-corrected chi connectivity index (χ2v) is 11.5. The second-order valence-electron chi connectivity index (χ2n) is 11.5. The van der Waals surface area contributed by atoms with Crippen LogP contribution in [-0.2, 0) is 14.3 Å². The zero-order chi connectivity index (χ0) is 22.7. The van der Waals surface area contributed by atoms with E-state index in [-0.39, 0.29) is 29.2 Å². The third-order valence-electron chi connectivity index (χ3n) is 10.3. The molecule has 4 heteroatoms. The Morgan fingerprint density at radius 2 is 1.72 bits per heavy atom. The number of esters is 1. The summed E-state index contributed by atoms with van der Waals surface area (Å²) in [5, 5.41) is 0. The van der Waals surface area contributed by atoms with E-state index in [1.54, 1.807) is 19.1 Å². The molecule has 0 aromatic heterocycles. The van der Waals surface area contributed by atoms with E-state index in [0.717, 1.165) is 44.9 Å². The van der Waals surface area contributed by atoms with E-state index in [1.165, 1.54) is 0 Å². The number of benzene rings is 1. The normalized spacial score (nSPS) is 43.0. The number of carbonyl (C=O) groups is 3. The van der Waals surface area contributed by atoms with Crippen LogP contribution in [0.5, 0.6) is 0 Å². The minimum atomic E-state index is -0.446. The number of carbonyl (C=O) groups excluding carboxylic acids is 3. The highest BCUT2D eigenvalue weighted by atomic mass is 16.5. The standard InChI is InChI=1S/C28H36O4/c1-17(29)22-11-12-23-21-10-9-19-15-20(32-26(31)18-7-5-4-6-8-18)13-14-27(19,2)24(21)16-25(30)28(22,23)3/h4-8,19-24H,9-16H2,1-3H3. The van der Waals surface area contributed by atoms with Gasteiger partial charge in [-0.1, -0.05) is 32.0 Å². The summed E-state index contributed by atoms with van der Waals surface area (Å²) in [6.45, 7) is 6.18. The lowest BCUT2D eigenvalue weighted by atomic mass is 9.44. The number of hydrogen-bond acceptors (Lipinski definition) is 4. The molecule has 4 aliphatic rings. The van der Waals surface area contributed by atoms with Crippen molar-refractivity contribution in [3.05, 3.63) is 35.9 Å². The first-order chi connectivity index (χ1) is 15.2. The number of ketones is 2. The van der Waals surface area contributed by atoms with Crippen LogP contribution in [-0.4, -0.2) is 23.6 Å². The second kappa shape index (κ2) is 7.81. The van der Waals surface area contributed by atoms with Crippen LogP contribution < -0.4 is 0 Å². The molecule has 8 unspecified atom stereocenters. The number of rotatable bonds is 3. The lowest BCUT2D eigenvalue weighted by Gasteiger charge is -2.60. The summed E-state index contributed by atoms with van der Waals surface area (Å²) in [6.07, 6.45) is 7.57. The zero-order valence-corrected chi connectivity index (χ0v) is 19.6. The highest BCUT2D eigenvalue weighted by molar-refractivity contribution is 5.93. The number of ether oxygens (including phenoxy) is 1. The Labute approximate surface area is 191 Å². The van der Waals surface area contributed by atoms with Gasteiger partial charge in [0.2, 0.25) is 0 Å². The molecule has 5 rings (SSSR count). The van der Waals surface area contributed by atoms with Gasteiger partial charge < -0.3 is 4.74 Å². The van der Waals surface area contributed by atoms with E-state index in [2.05, 4.69) is 13.8 Å². The Kier molecular flexibility index (Phi) is 5.34. The lowest BCUT2D eigenvalue weighted by molar-refractivity contribution is -0.161. The predicted octanol–water partition coefficient (Wildman–Crippen LogP) is 5.64. The first-order valence-electron chi connectivity index (χ1n) is 12.5. The van der Waals surface area contributed by atoms with Crippen LogP contribution in [0, 0.1) is 40.4 Å². The summed E-state index contributed by atoms with van der Waals surface area (Å²) in [7, 11) is 0. The Bertz CT molecular complexity index is 923. The summed E-state index contributed by atoms with van der Waals surface area (Å²) < 4.78 is 5.91. The Morgan fingerprint density at radius 1 is 0.969 bits per heavy atom. The molecule has 4 nitrogen and oxygen atoms in total. The Morgan fingerprint density at radius 3 is 2.44 bits per heavy atom. The molecule has 0 radical (unpaired) electrons. The van der Waals surface area contributed by atoms with Crippen molar-refractivity contribution in [1.29, 1.82) is 0 Å². The molecule has 4 aliphatic carbocycles. The van der Waals surface area contributed by atoms with Gasteiger partial charge in [-0.25, -0.2) is 4.79 Å². The summed E-state index contributed by atoms with van der Waals surface area (Å²) >= 11 is 0. The predicted molar refractivity (Wildman–Crippen MR) is 122 cm³/mol. The van der Waals surface area contributed by atoms with Crippen molar-refractivity contribution in [2.75, 3.05) is 0 Å². The van der Waals surface area contributed by atoms with Gasteiger partial charge in [-0.15, -0.1) is 0 Å². The highest BCUT2D eigenvalue weighted by Crippen LogP contribution is 2.66. The third-order valence-corrected chi connectivity index (χ3v) is 10.3. The topological polar surface area (TPSA) is 60.4 Å². The molecule has 0 aliphatic heterocycles. The van der Waals surface area contributed by atoms with Crippen LogP contribution in [0.2, 0.25) is 0 Å². The van der Waals surface area contributed by atoms with Crippen molar-refractivity contribution in [1.82, 2.24) is 0 Å². The minimum absolute atomic E-state index is 0.0320. The largest absolute Gasteiger partial charge is 0.459 e. The summed E-state index contributed by atoms with van der Waals surface area (Å²) in [5.74, 6) is 2.03. The van der Waals surface area contributed by atoms with Gasteiger partial charge in [-0.05, 0) is 93.1 Å². The fraction of sp³-hybridized carbons (Fsp3) is 0.679. The average Bonchev–Trinajstić information content (AvgIpc) is 3.14. The van der Waals surface area contributed by atoms with E-state index >= 15 is 0 Å². The van der Waals surface area contributed by atoms with Crippen LogP contribution in [0.3, 0.4) is 0 Å². The molecule has 4 saturated carbocycles. The minimum Gasteiger partial charge on any atom is -0.459 e. The summed E-state index contributed by atoms with van der Waals surface area (Å²) in [6, 6.07) is 9.25. The lowest BCUT2D eigenvalue weighted by Crippen LogP contribution is -2.57. The Hall–Kier alpha value is -1.97. The fourth-order valence-electron chi connectivity index (χ4n) is 8.48. The van der Waals surface area contributed by atoms with Crippen LogP contribution in [0.4, 0.5) is 0 Å². The molecule has 0 bridgehead atoms. The van der Waals surface area contributed by atoms with E-state index in [4.69, 9.17) is 4.74 Å². The molecule has 0 saturated heterocycles. The first-order valence-corrected chi connectivity index (χ1v) is 12.5. The highest BCUT2D eigenvalue weighted by Gasteiger charge is 2.64. The van der Waals surface area contributed by atoms with E-state index in [1.807, 2.05) is 18.2 Å². The van der Waals surface area contributed by atoms with Crippen LogP contribution >= 0.6 is 0 Å². The molecule has 4 fully saturated rings. The van der Waals surface area contributed by atoms with Crippen molar-refractivity contribution in [2.24, 2.45) is 40.4 Å². The number of Topliss-reactive ketones (excluding diaryl/α,β-unsaturated/α-hetero) is 2. The Balaban J connectivity index is 1.32. The maximum Gasteiger partial charge on any atom is 0.338 e. The molecule has 0 heterocycles. The van der Waals surface area contributed by atoms with Gasteiger partial charge in [-0.2, -0.15) is 0 Å². The van der Waals surface area contributed by atoms with Crippen molar-refractivity contribution in [2.45, 2.75) is 78.2 Å². The summed E-state index contributed by atoms with van der Waals surface area (Å²) in [5.41, 5.74) is 0.297. The third kappa shape index (κ3) is 3.20. The van der Waals surface area contributed by atoms with E-state index < -0.39 is 5.41 Å². The van der Waals surface area contributed by atoms with E-state index in [9.17, 15) is 14.4 Å². The first kappa shape index (κ1) is 21.9. The maximum absolute atomic E-state index is 13.5. The molecule has 0 N–H and O–H groups in total. The smallest absolute Gasteiger partial charge is 0.338 e. The molecular formula is C28H36O4. The molecule has 1 aromatic rings. The fourth-order valence-corrected chi connectivity index (χ4v) is 8.48. The number of fused-ring (bicyclic) bond motifs is 5. The van der Waals surface area contributed by atoms with Crippen molar-refractivity contribution in [3.63, 3.8) is 0 Å². The van der Waals surface area contributed by atoms with Crippen molar-refractivity contribution in [3.8, 4) is 0 Å². The zero-order valence-electron chi connectivity index (χ0n) is 19.6. The van der Waals surface area contributed by atoms with Gasteiger partial charge in [0.15, 0.2) is 0 Å². The maximum atomic E-state index is 13.5. The molecule has 8 atom stereocenters. The van der Waals surface area contributed by atoms with Crippen LogP contribution in [0.15, 0.2) is 30.3 Å². The van der Waals surface area contributed by atoms with Gasteiger partial charge in [0.1, 0.15) is 17.7 Å². The molecular weight excluding hydrogens is 400 g/mol. The van der Waals surface area contributed by atoms with Gasteiger partial charge in [-0.3, -0.25) is 9.59 Å². The van der Waals surface area contributed by atoms with E-state index in [0.29, 0.717) is 41.4 Å². The number of hydrogen-bond donors (Lipinski definition) is 0. The SMILES string of the molecule is CC(=O)C1CCC2C3CCC4CC(OC(=O)c5ccccc5)CCC4(C)C3CC(=O)C12C. The molecule has 0 spiro atoms.